The van der Waals surface area contributed by atoms with E-state index in [1.54, 1.807) is 0 Å². The number of carbonyl (C=O) groups excluding carboxylic acids is 1. The normalized spacial score (nSPS) is 17.2. The molecule has 2 aromatic carbocycles. The Labute approximate surface area is 153 Å². The zero-order valence-corrected chi connectivity index (χ0v) is 15.0. The van der Waals surface area contributed by atoms with E-state index in [9.17, 15) is 14.7 Å². The van der Waals surface area contributed by atoms with Gasteiger partial charge in [0.1, 0.15) is 11.6 Å². The SMILES string of the molecule is CC(C)(OC(=O)N1CCCC1C(=O)O)c1ccc(-c2ccccc2)cc1. The van der Waals surface area contributed by atoms with E-state index in [0.29, 0.717) is 19.4 Å². The van der Waals surface area contributed by atoms with E-state index in [4.69, 9.17) is 4.74 Å². The standard InChI is InChI=1S/C21H23NO4/c1-21(2,26-20(25)22-14-6-9-18(22)19(23)24)17-12-10-16(11-13-17)15-7-4-3-5-8-15/h3-5,7-8,10-13,18H,6,9,14H2,1-2H3,(H,23,24). The van der Waals surface area contributed by atoms with E-state index in [0.717, 1.165) is 16.7 Å². The van der Waals surface area contributed by atoms with Gasteiger partial charge < -0.3 is 9.84 Å². The third-order valence-corrected chi connectivity index (χ3v) is 4.80. The van der Waals surface area contributed by atoms with Gasteiger partial charge >= 0.3 is 12.1 Å². The van der Waals surface area contributed by atoms with Crippen molar-refractivity contribution in [3.8, 4) is 11.1 Å². The monoisotopic (exact) mass is 353 g/mol. The largest absolute Gasteiger partial charge is 0.480 e. The van der Waals surface area contributed by atoms with Crippen molar-refractivity contribution < 1.29 is 19.4 Å². The van der Waals surface area contributed by atoms with Crippen LogP contribution in [0.4, 0.5) is 4.79 Å². The summed E-state index contributed by atoms with van der Waals surface area (Å²) < 4.78 is 5.66. The Morgan fingerprint density at radius 3 is 2.27 bits per heavy atom. The second kappa shape index (κ2) is 7.20. The molecule has 1 atom stereocenters. The summed E-state index contributed by atoms with van der Waals surface area (Å²) in [7, 11) is 0. The molecule has 5 nitrogen and oxygen atoms in total. The summed E-state index contributed by atoms with van der Waals surface area (Å²) in [6.07, 6.45) is 0.571. The number of carbonyl (C=O) groups is 2. The van der Waals surface area contributed by atoms with Gasteiger partial charge in [0.25, 0.3) is 0 Å². The summed E-state index contributed by atoms with van der Waals surface area (Å²) >= 11 is 0. The first-order valence-corrected chi connectivity index (χ1v) is 8.77. The van der Waals surface area contributed by atoms with Gasteiger partial charge in [-0.05, 0) is 43.4 Å². The lowest BCUT2D eigenvalue weighted by atomic mass is 9.95. The van der Waals surface area contributed by atoms with Gasteiger partial charge in [0.15, 0.2) is 0 Å². The molecule has 3 rings (SSSR count). The molecule has 1 saturated heterocycles. The lowest BCUT2D eigenvalue weighted by Crippen LogP contribution is -2.43. The van der Waals surface area contributed by atoms with Crippen LogP contribution < -0.4 is 0 Å². The number of aliphatic carboxylic acids is 1. The predicted octanol–water partition coefficient (Wildman–Crippen LogP) is 4.27. The molecule has 2 aromatic rings. The lowest BCUT2D eigenvalue weighted by Gasteiger charge is -2.30. The van der Waals surface area contributed by atoms with Gasteiger partial charge in [-0.15, -0.1) is 0 Å². The fourth-order valence-corrected chi connectivity index (χ4v) is 3.27. The molecule has 1 fully saturated rings. The van der Waals surface area contributed by atoms with Crippen LogP contribution in [0.5, 0.6) is 0 Å². The minimum absolute atomic E-state index is 0.416. The van der Waals surface area contributed by atoms with Crippen molar-refractivity contribution >= 4 is 12.1 Å². The third-order valence-electron chi connectivity index (χ3n) is 4.80. The van der Waals surface area contributed by atoms with E-state index in [1.165, 1.54) is 4.90 Å². The number of hydrogen-bond donors (Lipinski definition) is 1. The zero-order valence-electron chi connectivity index (χ0n) is 15.0. The number of carboxylic acids is 1. The van der Waals surface area contributed by atoms with Crippen molar-refractivity contribution in [1.82, 2.24) is 4.90 Å². The number of ether oxygens (including phenoxy) is 1. The maximum atomic E-state index is 12.5. The van der Waals surface area contributed by atoms with E-state index in [1.807, 2.05) is 68.4 Å². The highest BCUT2D eigenvalue weighted by atomic mass is 16.6. The van der Waals surface area contributed by atoms with Crippen molar-refractivity contribution in [2.24, 2.45) is 0 Å². The van der Waals surface area contributed by atoms with Crippen molar-refractivity contribution in [1.29, 1.82) is 0 Å². The van der Waals surface area contributed by atoms with Gasteiger partial charge in [-0.2, -0.15) is 0 Å². The highest BCUT2D eigenvalue weighted by Crippen LogP contribution is 2.30. The Balaban J connectivity index is 1.73. The lowest BCUT2D eigenvalue weighted by molar-refractivity contribution is -0.142. The first-order chi connectivity index (χ1) is 12.4. The van der Waals surface area contributed by atoms with Gasteiger partial charge in [0, 0.05) is 6.54 Å². The van der Waals surface area contributed by atoms with Crippen LogP contribution in [0.2, 0.25) is 0 Å². The van der Waals surface area contributed by atoms with Gasteiger partial charge in [-0.3, -0.25) is 4.90 Å². The van der Waals surface area contributed by atoms with Crippen LogP contribution in [-0.2, 0) is 15.1 Å². The minimum atomic E-state index is -0.982. The quantitative estimate of drug-likeness (QED) is 0.891. The zero-order chi connectivity index (χ0) is 18.7. The van der Waals surface area contributed by atoms with Crippen molar-refractivity contribution in [3.05, 3.63) is 60.2 Å². The molecule has 0 aromatic heterocycles. The van der Waals surface area contributed by atoms with Crippen LogP contribution in [-0.4, -0.2) is 34.7 Å². The van der Waals surface area contributed by atoms with Crippen molar-refractivity contribution in [2.75, 3.05) is 6.54 Å². The summed E-state index contributed by atoms with van der Waals surface area (Å²) in [6.45, 7) is 4.04. The Morgan fingerprint density at radius 2 is 1.65 bits per heavy atom. The number of rotatable bonds is 4. The number of likely N-dealkylation sites (tertiary alicyclic amines) is 1. The first-order valence-electron chi connectivity index (χ1n) is 8.77. The third kappa shape index (κ3) is 3.72. The molecule has 0 saturated carbocycles. The van der Waals surface area contributed by atoms with Crippen LogP contribution in [0.3, 0.4) is 0 Å². The van der Waals surface area contributed by atoms with Crippen LogP contribution in [0.25, 0.3) is 11.1 Å². The Bertz CT molecular complexity index is 783. The average molecular weight is 353 g/mol. The summed E-state index contributed by atoms with van der Waals surface area (Å²) in [5, 5.41) is 9.24. The molecule has 1 aliphatic rings. The van der Waals surface area contributed by atoms with E-state index in [-0.39, 0.29) is 0 Å². The fraction of sp³-hybridized carbons (Fsp3) is 0.333. The van der Waals surface area contributed by atoms with E-state index < -0.39 is 23.7 Å². The molecule has 5 heteroatoms. The van der Waals surface area contributed by atoms with Crippen LogP contribution in [0.15, 0.2) is 54.6 Å². The minimum Gasteiger partial charge on any atom is -0.480 e. The molecule has 1 N–H and O–H groups in total. The summed E-state index contributed by atoms with van der Waals surface area (Å²) in [6, 6.07) is 17.1. The van der Waals surface area contributed by atoms with E-state index in [2.05, 4.69) is 0 Å². The molecular formula is C21H23NO4. The highest BCUT2D eigenvalue weighted by molar-refractivity contribution is 5.80. The maximum Gasteiger partial charge on any atom is 0.411 e. The van der Waals surface area contributed by atoms with Gasteiger partial charge in [-0.1, -0.05) is 54.6 Å². The predicted molar refractivity (Wildman–Crippen MR) is 98.7 cm³/mol. The molecule has 1 aliphatic heterocycles. The molecular weight excluding hydrogens is 330 g/mol. The van der Waals surface area contributed by atoms with Crippen LogP contribution >= 0.6 is 0 Å². The van der Waals surface area contributed by atoms with Gasteiger partial charge in [0.2, 0.25) is 0 Å². The second-order valence-electron chi connectivity index (χ2n) is 7.01. The van der Waals surface area contributed by atoms with Crippen molar-refractivity contribution in [2.45, 2.75) is 38.3 Å². The molecule has 0 aliphatic carbocycles. The number of carboxylic acid groups (broad SMARTS) is 1. The van der Waals surface area contributed by atoms with Gasteiger partial charge in [-0.25, -0.2) is 9.59 Å². The molecule has 1 unspecified atom stereocenters. The molecule has 0 spiro atoms. The molecule has 0 bridgehead atoms. The number of nitrogens with zero attached hydrogens (tertiary/aromatic N) is 1. The molecule has 1 amide bonds. The number of hydrogen-bond acceptors (Lipinski definition) is 3. The molecule has 1 heterocycles. The van der Waals surface area contributed by atoms with E-state index >= 15 is 0 Å². The Kier molecular flexibility index (Phi) is 4.98. The number of amides is 1. The highest BCUT2D eigenvalue weighted by Gasteiger charge is 2.37. The number of benzene rings is 2. The molecule has 26 heavy (non-hydrogen) atoms. The topological polar surface area (TPSA) is 66.8 Å². The summed E-state index contributed by atoms with van der Waals surface area (Å²) in [5.41, 5.74) is 2.21. The molecule has 0 radical (unpaired) electrons. The van der Waals surface area contributed by atoms with Crippen molar-refractivity contribution in [3.63, 3.8) is 0 Å². The summed E-state index contributed by atoms with van der Waals surface area (Å²) in [4.78, 5) is 25.1. The molecule has 136 valence electrons. The van der Waals surface area contributed by atoms with Crippen LogP contribution in [0, 0.1) is 0 Å². The first kappa shape index (κ1) is 18.0. The fourth-order valence-electron chi connectivity index (χ4n) is 3.27. The summed E-state index contributed by atoms with van der Waals surface area (Å²) in [5.74, 6) is -0.982. The average Bonchev–Trinajstić information content (AvgIpc) is 3.12. The Morgan fingerprint density at radius 1 is 1.04 bits per heavy atom. The smallest absolute Gasteiger partial charge is 0.411 e. The maximum absolute atomic E-state index is 12.5. The van der Waals surface area contributed by atoms with Crippen LogP contribution in [0.1, 0.15) is 32.3 Å². The Hall–Kier alpha value is -2.82. The van der Waals surface area contributed by atoms with Gasteiger partial charge in [0.05, 0.1) is 0 Å². The second-order valence-corrected chi connectivity index (χ2v) is 7.01.